The molecule has 2 N–H and O–H groups in total. The number of ether oxygens (including phenoxy) is 1. The number of esters is 1. The van der Waals surface area contributed by atoms with Crippen LogP contribution in [-0.4, -0.2) is 26.3 Å². The second kappa shape index (κ2) is 7.49. The van der Waals surface area contributed by atoms with Gasteiger partial charge in [0.05, 0.1) is 0 Å². The second-order valence-electron chi connectivity index (χ2n) is 6.49. The number of benzene rings is 2. The molecule has 7 heteroatoms. The lowest BCUT2D eigenvalue weighted by Gasteiger charge is -2.07. The number of carbonyl (C=O) groups is 1. The maximum Gasteiger partial charge on any atom is 0.342 e. The number of phenolic OH excluding ortho intramolecular Hbond substituents is 2. The molecule has 0 spiro atoms. The van der Waals surface area contributed by atoms with E-state index in [1.807, 2.05) is 24.3 Å². The minimum absolute atomic E-state index is 0.127. The minimum Gasteiger partial charge on any atom is -0.504 e. The van der Waals surface area contributed by atoms with Gasteiger partial charge >= 0.3 is 5.97 Å². The molecule has 0 aliphatic heterocycles. The van der Waals surface area contributed by atoms with Crippen LogP contribution < -0.4 is 0 Å². The lowest BCUT2D eigenvalue weighted by atomic mass is 10.0. The minimum atomic E-state index is -0.802. The number of carbonyl (C=O) groups excluding carboxylic acids is 1. The summed E-state index contributed by atoms with van der Waals surface area (Å²) in [7, 11) is 0. The summed E-state index contributed by atoms with van der Waals surface area (Å²) in [6.45, 7) is 5.59. The van der Waals surface area contributed by atoms with Gasteiger partial charge in [-0.15, -0.1) is 0 Å². The van der Waals surface area contributed by atoms with Gasteiger partial charge in [-0.3, -0.25) is 0 Å². The van der Waals surface area contributed by atoms with Crippen molar-refractivity contribution in [1.82, 2.24) is 10.1 Å². The van der Waals surface area contributed by atoms with Gasteiger partial charge in [0.25, 0.3) is 5.89 Å². The van der Waals surface area contributed by atoms with Gasteiger partial charge in [-0.25, -0.2) is 4.79 Å². The first-order chi connectivity index (χ1) is 12.9. The average Bonchev–Trinajstić information content (AvgIpc) is 3.13. The Morgan fingerprint density at radius 2 is 1.81 bits per heavy atom. The molecule has 0 bridgehead atoms. The number of rotatable bonds is 5. The van der Waals surface area contributed by atoms with Gasteiger partial charge in [0.15, 0.2) is 18.1 Å². The summed E-state index contributed by atoms with van der Waals surface area (Å²) in [5.74, 6) is -0.721. The summed E-state index contributed by atoms with van der Waals surface area (Å²) in [5, 5.41) is 23.5. The number of phenols is 2. The summed E-state index contributed by atoms with van der Waals surface area (Å²) in [4.78, 5) is 16.3. The standard InChI is InChI=1S/C20H20N2O5/c1-11(2)13-5-7-14(8-6-13)19-21-16(27-22-19)10-26-20(25)15-9-4-12(3)17(23)18(15)24/h4-9,11,23-24H,10H2,1-3H3. The van der Waals surface area contributed by atoms with Crippen molar-refractivity contribution in [1.29, 1.82) is 0 Å². The molecule has 0 amide bonds. The van der Waals surface area contributed by atoms with E-state index in [0.717, 1.165) is 5.56 Å². The van der Waals surface area contributed by atoms with E-state index in [2.05, 4.69) is 24.0 Å². The average molecular weight is 368 g/mol. The number of aromatic hydroxyl groups is 2. The highest BCUT2D eigenvalue weighted by atomic mass is 16.6. The topological polar surface area (TPSA) is 106 Å². The molecule has 2 aromatic carbocycles. The van der Waals surface area contributed by atoms with Crippen LogP contribution in [0, 0.1) is 6.92 Å². The summed E-state index contributed by atoms with van der Waals surface area (Å²) in [6, 6.07) is 10.7. The molecule has 0 aliphatic rings. The van der Waals surface area contributed by atoms with Gasteiger partial charge in [-0.2, -0.15) is 4.98 Å². The van der Waals surface area contributed by atoms with E-state index >= 15 is 0 Å². The normalized spacial score (nSPS) is 11.0. The zero-order valence-electron chi connectivity index (χ0n) is 15.3. The van der Waals surface area contributed by atoms with E-state index in [1.54, 1.807) is 6.92 Å². The first kappa shape index (κ1) is 18.4. The van der Waals surface area contributed by atoms with Crippen LogP contribution in [0.2, 0.25) is 0 Å². The van der Waals surface area contributed by atoms with Gasteiger partial charge in [0, 0.05) is 5.56 Å². The van der Waals surface area contributed by atoms with Crippen molar-refractivity contribution < 1.29 is 24.3 Å². The Kier molecular flexibility index (Phi) is 5.12. The van der Waals surface area contributed by atoms with E-state index in [-0.39, 0.29) is 23.8 Å². The van der Waals surface area contributed by atoms with Crippen LogP contribution in [0.3, 0.4) is 0 Å². The smallest absolute Gasteiger partial charge is 0.342 e. The highest BCUT2D eigenvalue weighted by molar-refractivity contribution is 5.93. The van der Waals surface area contributed by atoms with Crippen molar-refractivity contribution in [3.05, 3.63) is 59.0 Å². The van der Waals surface area contributed by atoms with Crippen molar-refractivity contribution in [2.75, 3.05) is 0 Å². The molecule has 0 aliphatic carbocycles. The molecule has 1 aromatic heterocycles. The fourth-order valence-corrected chi connectivity index (χ4v) is 2.50. The Morgan fingerprint density at radius 3 is 2.48 bits per heavy atom. The number of nitrogens with zero attached hydrogens (tertiary/aromatic N) is 2. The fourth-order valence-electron chi connectivity index (χ4n) is 2.50. The SMILES string of the molecule is Cc1ccc(C(=O)OCc2nc(-c3ccc(C(C)C)cc3)no2)c(O)c1O. The monoisotopic (exact) mass is 368 g/mol. The summed E-state index contributed by atoms with van der Waals surface area (Å²) in [5.41, 5.74) is 2.32. The predicted molar refractivity (Wildman–Crippen MR) is 97.5 cm³/mol. The molecular weight excluding hydrogens is 348 g/mol. The van der Waals surface area contributed by atoms with Crippen molar-refractivity contribution in [3.8, 4) is 22.9 Å². The molecule has 27 heavy (non-hydrogen) atoms. The van der Waals surface area contributed by atoms with E-state index in [4.69, 9.17) is 9.26 Å². The Bertz CT molecular complexity index is 961. The van der Waals surface area contributed by atoms with Crippen LogP contribution in [-0.2, 0) is 11.3 Å². The van der Waals surface area contributed by atoms with Crippen LogP contribution in [0.5, 0.6) is 11.5 Å². The van der Waals surface area contributed by atoms with Crippen LogP contribution in [0.25, 0.3) is 11.4 Å². The molecule has 0 saturated heterocycles. The van der Waals surface area contributed by atoms with Gasteiger partial charge in [0.2, 0.25) is 5.82 Å². The lowest BCUT2D eigenvalue weighted by molar-refractivity contribution is 0.0426. The van der Waals surface area contributed by atoms with Crippen LogP contribution >= 0.6 is 0 Å². The third-order valence-corrected chi connectivity index (χ3v) is 4.20. The van der Waals surface area contributed by atoms with E-state index < -0.39 is 11.7 Å². The molecule has 0 radical (unpaired) electrons. The molecule has 0 atom stereocenters. The molecule has 1 heterocycles. The molecule has 7 nitrogen and oxygen atoms in total. The zero-order chi connectivity index (χ0) is 19.6. The highest BCUT2D eigenvalue weighted by Crippen LogP contribution is 2.32. The van der Waals surface area contributed by atoms with Crippen LogP contribution in [0.1, 0.15) is 47.1 Å². The molecule has 0 saturated carbocycles. The molecule has 3 rings (SSSR count). The van der Waals surface area contributed by atoms with Crippen molar-refractivity contribution >= 4 is 5.97 Å². The summed E-state index contributed by atoms with van der Waals surface area (Å²) in [6.07, 6.45) is 0. The first-order valence-electron chi connectivity index (χ1n) is 8.48. The molecule has 3 aromatic rings. The van der Waals surface area contributed by atoms with E-state index in [9.17, 15) is 15.0 Å². The van der Waals surface area contributed by atoms with E-state index in [0.29, 0.717) is 17.3 Å². The molecule has 140 valence electrons. The van der Waals surface area contributed by atoms with Gasteiger partial charge < -0.3 is 19.5 Å². The van der Waals surface area contributed by atoms with Gasteiger partial charge in [-0.05, 0) is 30.0 Å². The third-order valence-electron chi connectivity index (χ3n) is 4.20. The number of hydrogen-bond donors (Lipinski definition) is 2. The number of aryl methyl sites for hydroxylation is 1. The van der Waals surface area contributed by atoms with Crippen molar-refractivity contribution in [2.24, 2.45) is 0 Å². The highest BCUT2D eigenvalue weighted by Gasteiger charge is 2.18. The maximum absolute atomic E-state index is 12.1. The van der Waals surface area contributed by atoms with Crippen LogP contribution in [0.4, 0.5) is 0 Å². The first-order valence-corrected chi connectivity index (χ1v) is 8.48. The molecule has 0 fully saturated rings. The summed E-state index contributed by atoms with van der Waals surface area (Å²) >= 11 is 0. The number of aromatic nitrogens is 2. The molecular formula is C20H20N2O5. The second-order valence-corrected chi connectivity index (χ2v) is 6.49. The van der Waals surface area contributed by atoms with Crippen molar-refractivity contribution in [3.63, 3.8) is 0 Å². The summed E-state index contributed by atoms with van der Waals surface area (Å²) < 4.78 is 10.2. The third kappa shape index (κ3) is 3.92. The Hall–Kier alpha value is -3.35. The Balaban J connectivity index is 1.68. The lowest BCUT2D eigenvalue weighted by Crippen LogP contribution is -2.06. The quantitative estimate of drug-likeness (QED) is 0.519. The predicted octanol–water partition coefficient (Wildman–Crippen LogP) is 3.94. The number of hydrogen-bond acceptors (Lipinski definition) is 7. The molecule has 0 unspecified atom stereocenters. The Morgan fingerprint density at radius 1 is 1.11 bits per heavy atom. The maximum atomic E-state index is 12.1. The van der Waals surface area contributed by atoms with Gasteiger partial charge in [0.1, 0.15) is 5.56 Å². The van der Waals surface area contributed by atoms with Gasteiger partial charge in [-0.1, -0.05) is 49.3 Å². The largest absolute Gasteiger partial charge is 0.504 e. The van der Waals surface area contributed by atoms with Crippen molar-refractivity contribution in [2.45, 2.75) is 33.3 Å². The van der Waals surface area contributed by atoms with E-state index in [1.165, 1.54) is 17.7 Å². The fraction of sp³-hybridized carbons (Fsp3) is 0.250. The Labute approximate surface area is 156 Å². The zero-order valence-corrected chi connectivity index (χ0v) is 15.3. The van der Waals surface area contributed by atoms with Crippen LogP contribution in [0.15, 0.2) is 40.9 Å².